The summed E-state index contributed by atoms with van der Waals surface area (Å²) in [6, 6.07) is 1.85. The van der Waals surface area contributed by atoms with Gasteiger partial charge in [0.2, 0.25) is 5.91 Å². The second kappa shape index (κ2) is 7.64. The van der Waals surface area contributed by atoms with Crippen LogP contribution in [0.3, 0.4) is 0 Å². The highest BCUT2D eigenvalue weighted by Gasteiger charge is 2.20. The Bertz CT molecular complexity index is 498. The van der Waals surface area contributed by atoms with Crippen LogP contribution in [0.15, 0.2) is 11.4 Å². The Morgan fingerprint density at radius 2 is 2.05 bits per heavy atom. The van der Waals surface area contributed by atoms with E-state index in [4.69, 9.17) is 0 Å². The fourth-order valence-corrected chi connectivity index (χ4v) is 2.45. The molecule has 3 amide bonds. The Labute approximate surface area is 121 Å². The highest BCUT2D eigenvalue weighted by molar-refractivity contribution is 7.12. The Morgan fingerprint density at radius 3 is 2.55 bits per heavy atom. The van der Waals surface area contributed by atoms with E-state index in [1.165, 1.54) is 16.2 Å². The number of hydrogen-bond donors (Lipinski definition) is 1. The van der Waals surface area contributed by atoms with Gasteiger partial charge in [0.05, 0.1) is 11.5 Å². The lowest BCUT2D eigenvalue weighted by atomic mass is 10.2. The minimum absolute atomic E-state index is 0.175. The summed E-state index contributed by atoms with van der Waals surface area (Å²) in [6.07, 6.45) is -0.798. The molecule has 0 bridgehead atoms. The summed E-state index contributed by atoms with van der Waals surface area (Å²) in [4.78, 5) is 37.0. The van der Waals surface area contributed by atoms with Crippen LogP contribution in [0.5, 0.6) is 0 Å². The summed E-state index contributed by atoms with van der Waals surface area (Å²) in [5.41, 5.74) is 0.879. The summed E-state index contributed by atoms with van der Waals surface area (Å²) >= 11 is 1.34. The molecule has 0 atom stereocenters. The number of rotatable bonds is 5. The largest absolute Gasteiger partial charge is 0.450 e. The zero-order valence-electron chi connectivity index (χ0n) is 11.8. The van der Waals surface area contributed by atoms with Gasteiger partial charge >= 0.3 is 6.09 Å². The molecule has 1 rings (SSSR count). The van der Waals surface area contributed by atoms with E-state index in [0.29, 0.717) is 11.4 Å². The van der Waals surface area contributed by atoms with Crippen molar-refractivity contribution in [3.05, 3.63) is 21.9 Å². The van der Waals surface area contributed by atoms with Gasteiger partial charge in [0.1, 0.15) is 6.54 Å². The topological polar surface area (TPSA) is 75.7 Å². The Balaban J connectivity index is 2.63. The van der Waals surface area contributed by atoms with Crippen LogP contribution < -0.4 is 5.32 Å². The number of carbonyl (C=O) groups excluding carboxylic acids is 3. The van der Waals surface area contributed by atoms with Gasteiger partial charge in [0, 0.05) is 6.54 Å². The number of alkyl carbamates (subject to hydrolysis) is 1. The van der Waals surface area contributed by atoms with Crippen molar-refractivity contribution in [1.82, 2.24) is 10.2 Å². The van der Waals surface area contributed by atoms with Crippen LogP contribution in [0.2, 0.25) is 0 Å². The molecule has 1 aromatic rings. The number of imide groups is 1. The number of ether oxygens (including phenoxy) is 1. The number of nitrogens with zero attached hydrogens (tertiary/aromatic N) is 1. The maximum Gasteiger partial charge on any atom is 0.413 e. The molecule has 0 aromatic carbocycles. The second-order valence-corrected chi connectivity index (χ2v) is 4.94. The molecule has 6 nitrogen and oxygen atoms in total. The lowest BCUT2D eigenvalue weighted by molar-refractivity contribution is -0.121. The molecule has 0 spiro atoms. The van der Waals surface area contributed by atoms with E-state index in [9.17, 15) is 14.4 Å². The van der Waals surface area contributed by atoms with Crippen molar-refractivity contribution in [3.63, 3.8) is 0 Å². The number of thiophene rings is 1. The van der Waals surface area contributed by atoms with Crippen molar-refractivity contribution in [2.24, 2.45) is 0 Å². The van der Waals surface area contributed by atoms with Gasteiger partial charge in [0.25, 0.3) is 5.91 Å². The number of amides is 3. The van der Waals surface area contributed by atoms with Crippen LogP contribution >= 0.6 is 11.3 Å². The Morgan fingerprint density at radius 1 is 1.35 bits per heavy atom. The molecule has 1 N–H and O–H groups in total. The number of carbonyl (C=O) groups is 3. The molecule has 0 aliphatic carbocycles. The third-order valence-electron chi connectivity index (χ3n) is 2.58. The van der Waals surface area contributed by atoms with E-state index in [0.717, 1.165) is 5.56 Å². The molecule has 1 aromatic heterocycles. The van der Waals surface area contributed by atoms with Gasteiger partial charge in [0.15, 0.2) is 0 Å². The molecule has 0 saturated carbocycles. The van der Waals surface area contributed by atoms with Crippen LogP contribution in [-0.2, 0) is 9.53 Å². The van der Waals surface area contributed by atoms with Gasteiger partial charge in [-0.15, -0.1) is 11.3 Å². The van der Waals surface area contributed by atoms with Crippen molar-refractivity contribution in [1.29, 1.82) is 0 Å². The number of aryl methyl sites for hydroxylation is 1. The van der Waals surface area contributed by atoms with Crippen molar-refractivity contribution in [2.45, 2.75) is 20.8 Å². The first-order chi connectivity index (χ1) is 9.49. The third-order valence-corrected chi connectivity index (χ3v) is 3.58. The van der Waals surface area contributed by atoms with Crippen LogP contribution in [0, 0.1) is 6.92 Å². The van der Waals surface area contributed by atoms with Crippen LogP contribution in [0.1, 0.15) is 29.1 Å². The van der Waals surface area contributed by atoms with Gasteiger partial charge < -0.3 is 9.64 Å². The van der Waals surface area contributed by atoms with E-state index in [1.807, 2.05) is 18.4 Å². The lowest BCUT2D eigenvalue weighted by Gasteiger charge is -2.19. The molecule has 110 valence electrons. The highest BCUT2D eigenvalue weighted by Crippen LogP contribution is 2.17. The molecule has 0 radical (unpaired) electrons. The monoisotopic (exact) mass is 298 g/mol. The molecule has 7 heteroatoms. The van der Waals surface area contributed by atoms with Gasteiger partial charge in [-0.3, -0.25) is 14.9 Å². The van der Waals surface area contributed by atoms with Gasteiger partial charge in [-0.2, -0.15) is 0 Å². The standard InChI is InChI=1S/C13H18N2O4S/c1-4-15(8-10(16)14-13(18)19-5-2)12(17)11-9(3)6-7-20-11/h6-7H,4-5,8H2,1-3H3,(H,14,16,18). The predicted molar refractivity (Wildman–Crippen MR) is 75.8 cm³/mol. The predicted octanol–water partition coefficient (Wildman–Crippen LogP) is 1.79. The minimum Gasteiger partial charge on any atom is -0.450 e. The maximum atomic E-state index is 12.2. The summed E-state index contributed by atoms with van der Waals surface area (Å²) in [6.45, 7) is 5.65. The van der Waals surface area contributed by atoms with E-state index in [2.05, 4.69) is 10.1 Å². The molecule has 0 unspecified atom stereocenters. The number of likely N-dealkylation sites (N-methyl/N-ethyl adjacent to an activating group) is 1. The van der Waals surface area contributed by atoms with E-state index in [-0.39, 0.29) is 19.1 Å². The zero-order valence-corrected chi connectivity index (χ0v) is 12.6. The van der Waals surface area contributed by atoms with Crippen molar-refractivity contribution >= 4 is 29.2 Å². The van der Waals surface area contributed by atoms with Gasteiger partial charge in [-0.05, 0) is 37.8 Å². The Kier molecular flexibility index (Phi) is 6.17. The summed E-state index contributed by atoms with van der Waals surface area (Å²) < 4.78 is 4.61. The average molecular weight is 298 g/mol. The van der Waals surface area contributed by atoms with Crippen LogP contribution in [-0.4, -0.2) is 42.5 Å². The molecule has 0 saturated heterocycles. The second-order valence-electron chi connectivity index (χ2n) is 4.02. The maximum absolute atomic E-state index is 12.2. The van der Waals surface area contributed by atoms with Crippen molar-refractivity contribution in [2.75, 3.05) is 19.7 Å². The number of nitrogens with one attached hydrogen (secondary N) is 1. The summed E-state index contributed by atoms with van der Waals surface area (Å²) in [5.74, 6) is -0.771. The van der Waals surface area contributed by atoms with Crippen molar-refractivity contribution in [3.8, 4) is 0 Å². The first kappa shape index (κ1) is 16.2. The zero-order chi connectivity index (χ0) is 15.1. The quantitative estimate of drug-likeness (QED) is 0.899. The van der Waals surface area contributed by atoms with E-state index in [1.54, 1.807) is 13.8 Å². The SMILES string of the molecule is CCOC(=O)NC(=O)CN(CC)C(=O)c1sccc1C. The first-order valence-electron chi connectivity index (χ1n) is 6.29. The molecule has 0 aliphatic rings. The smallest absolute Gasteiger partial charge is 0.413 e. The molecule has 0 aliphatic heterocycles. The van der Waals surface area contributed by atoms with E-state index < -0.39 is 12.0 Å². The van der Waals surface area contributed by atoms with Gasteiger partial charge in [-0.1, -0.05) is 0 Å². The average Bonchev–Trinajstić information content (AvgIpc) is 2.81. The molecular weight excluding hydrogens is 280 g/mol. The Hall–Kier alpha value is -1.89. The third kappa shape index (κ3) is 4.34. The molecule has 1 heterocycles. The van der Waals surface area contributed by atoms with Crippen LogP contribution in [0.25, 0.3) is 0 Å². The number of hydrogen-bond acceptors (Lipinski definition) is 5. The molecule has 0 fully saturated rings. The molecule has 20 heavy (non-hydrogen) atoms. The van der Waals surface area contributed by atoms with Gasteiger partial charge in [-0.25, -0.2) is 4.79 Å². The highest BCUT2D eigenvalue weighted by atomic mass is 32.1. The molecular formula is C13H18N2O4S. The summed E-state index contributed by atoms with van der Waals surface area (Å²) in [5, 5.41) is 3.90. The normalized spacial score (nSPS) is 9.95. The first-order valence-corrected chi connectivity index (χ1v) is 7.17. The fourth-order valence-electron chi connectivity index (χ4n) is 1.56. The minimum atomic E-state index is -0.798. The van der Waals surface area contributed by atoms with Crippen LogP contribution in [0.4, 0.5) is 4.79 Å². The fraction of sp³-hybridized carbons (Fsp3) is 0.462. The lowest BCUT2D eigenvalue weighted by Crippen LogP contribution is -2.42. The van der Waals surface area contributed by atoms with E-state index >= 15 is 0 Å². The van der Waals surface area contributed by atoms with Crippen molar-refractivity contribution < 1.29 is 19.1 Å². The summed E-state index contributed by atoms with van der Waals surface area (Å²) in [7, 11) is 0.